The topological polar surface area (TPSA) is 155 Å². The zero-order chi connectivity index (χ0) is 27.9. The van der Waals surface area contributed by atoms with E-state index < -0.39 is 37.1 Å². The normalized spacial score (nSPS) is 25.5. The van der Waals surface area contributed by atoms with Crippen molar-refractivity contribution in [1.29, 1.82) is 0 Å². The van der Waals surface area contributed by atoms with E-state index in [1.54, 1.807) is 12.1 Å². The van der Waals surface area contributed by atoms with Gasteiger partial charge >= 0.3 is 6.03 Å². The largest absolute Gasteiger partial charge is 0.508 e. The Bertz CT molecular complexity index is 1090. The zero-order valence-electron chi connectivity index (χ0n) is 22.4. The van der Waals surface area contributed by atoms with E-state index in [2.05, 4.69) is 15.5 Å². The molecule has 0 bridgehead atoms. The van der Waals surface area contributed by atoms with Crippen LogP contribution in [0.15, 0.2) is 36.4 Å². The Morgan fingerprint density at radius 3 is 2.33 bits per heavy atom. The van der Waals surface area contributed by atoms with Gasteiger partial charge in [-0.05, 0) is 80.1 Å². The lowest BCUT2D eigenvalue weighted by Crippen LogP contribution is -2.55. The number of nitrogens with zero attached hydrogens (tertiary/aromatic N) is 1. The van der Waals surface area contributed by atoms with Gasteiger partial charge in [0.2, 0.25) is 0 Å². The number of phenolic OH excluding ortho intramolecular Hbond substituents is 1. The number of carbonyl (C=O) groups is 1. The Labute approximate surface area is 229 Å². The van der Waals surface area contributed by atoms with E-state index in [4.69, 9.17) is 4.74 Å². The van der Waals surface area contributed by atoms with Gasteiger partial charge in [0.15, 0.2) is 0 Å². The average molecular weight is 544 g/mol. The number of hydrogen-bond donors (Lipinski definition) is 7. The third-order valence-electron chi connectivity index (χ3n) is 7.71. The van der Waals surface area contributed by atoms with Crippen molar-refractivity contribution in [3.63, 3.8) is 0 Å². The smallest absolute Gasteiger partial charge is 0.314 e. The molecule has 2 aliphatic heterocycles. The summed E-state index contributed by atoms with van der Waals surface area (Å²) >= 11 is 0. The lowest BCUT2D eigenvalue weighted by molar-refractivity contribution is -0.232. The molecule has 0 unspecified atom stereocenters. The molecule has 2 saturated heterocycles. The molecular formula is C29H41N3O7. The summed E-state index contributed by atoms with van der Waals surface area (Å²) in [5.74, 6) is -0.0940. The second-order valence-electron chi connectivity index (χ2n) is 10.6. The highest BCUT2D eigenvalue weighted by molar-refractivity contribution is 5.73. The van der Waals surface area contributed by atoms with Crippen LogP contribution in [0.3, 0.4) is 0 Å². The van der Waals surface area contributed by atoms with Crippen LogP contribution in [0.25, 0.3) is 0 Å². The Morgan fingerprint density at radius 2 is 1.64 bits per heavy atom. The van der Waals surface area contributed by atoms with Gasteiger partial charge in [0.1, 0.15) is 36.3 Å². The molecule has 10 nitrogen and oxygen atoms in total. The highest BCUT2D eigenvalue weighted by atomic mass is 16.5. The molecule has 0 saturated carbocycles. The molecule has 0 spiro atoms. The van der Waals surface area contributed by atoms with Crippen molar-refractivity contribution in [2.45, 2.75) is 63.1 Å². The van der Waals surface area contributed by atoms with E-state index in [0.717, 1.165) is 41.9 Å². The van der Waals surface area contributed by atoms with Gasteiger partial charge in [0, 0.05) is 25.2 Å². The van der Waals surface area contributed by atoms with Crippen LogP contribution in [-0.2, 0) is 17.6 Å². The highest BCUT2D eigenvalue weighted by Crippen LogP contribution is 2.38. The Hall–Kier alpha value is -2.73. The Balaban J connectivity index is 1.31. The van der Waals surface area contributed by atoms with Crippen molar-refractivity contribution in [2.75, 3.05) is 39.3 Å². The minimum atomic E-state index is -1.52. The first-order valence-electron chi connectivity index (χ1n) is 13.7. The molecule has 0 aromatic heterocycles. The molecular weight excluding hydrogens is 502 g/mol. The quantitative estimate of drug-likeness (QED) is 0.232. The van der Waals surface area contributed by atoms with Crippen LogP contribution in [0.4, 0.5) is 4.79 Å². The number of carbonyl (C=O) groups excluding carboxylic acids is 1. The van der Waals surface area contributed by atoms with E-state index >= 15 is 0 Å². The lowest BCUT2D eigenvalue weighted by Gasteiger charge is -2.40. The fourth-order valence-corrected chi connectivity index (χ4v) is 5.29. The minimum Gasteiger partial charge on any atom is -0.508 e. The number of rotatable bonds is 10. The van der Waals surface area contributed by atoms with E-state index in [0.29, 0.717) is 25.9 Å². The second kappa shape index (κ2) is 13.6. The van der Waals surface area contributed by atoms with Crippen molar-refractivity contribution in [1.82, 2.24) is 15.5 Å². The number of aryl methyl sites for hydroxylation is 1. The highest BCUT2D eigenvalue weighted by Gasteiger charge is 2.44. The summed E-state index contributed by atoms with van der Waals surface area (Å²) in [4.78, 5) is 14.4. The number of phenols is 1. The first kappa shape index (κ1) is 29.3. The first-order chi connectivity index (χ1) is 18.8. The predicted molar refractivity (Wildman–Crippen MR) is 146 cm³/mol. The number of aliphatic hydroxyl groups excluding tert-OH is 4. The Kier molecular flexibility index (Phi) is 10.2. The molecule has 0 aliphatic carbocycles. The van der Waals surface area contributed by atoms with Gasteiger partial charge in [-0.3, -0.25) is 0 Å². The van der Waals surface area contributed by atoms with Crippen LogP contribution < -0.4 is 10.6 Å². The maximum Gasteiger partial charge on any atom is 0.314 e. The molecule has 39 heavy (non-hydrogen) atoms. The molecule has 2 aliphatic rings. The first-order valence-corrected chi connectivity index (χ1v) is 13.7. The van der Waals surface area contributed by atoms with Gasteiger partial charge < -0.3 is 45.8 Å². The van der Waals surface area contributed by atoms with E-state index in [-0.39, 0.29) is 17.3 Å². The van der Waals surface area contributed by atoms with Gasteiger partial charge in [0.25, 0.3) is 0 Å². The number of hydrogen-bond acceptors (Lipinski definition) is 8. The fourth-order valence-electron chi connectivity index (χ4n) is 5.29. The average Bonchev–Trinajstić information content (AvgIpc) is 3.44. The minimum absolute atomic E-state index is 0.0940. The predicted octanol–water partition coefficient (Wildman–Crippen LogP) is 0.744. The molecule has 2 fully saturated rings. The van der Waals surface area contributed by atoms with Gasteiger partial charge in [0.05, 0.1) is 6.61 Å². The number of amides is 2. The SMILES string of the molecule is Cc1cc(O)c([C@@H]2O[C@H](CO)[C@@H](O)[C@H](O)[C@H]2O)cc1Cc1ccc(CCNC(=O)NCCN2CCCC2)cc1. The van der Waals surface area contributed by atoms with E-state index in [1.165, 1.54) is 12.8 Å². The monoisotopic (exact) mass is 543 g/mol. The molecule has 2 aromatic rings. The summed E-state index contributed by atoms with van der Waals surface area (Å²) in [6.07, 6.45) is -2.86. The van der Waals surface area contributed by atoms with Crippen LogP contribution in [0, 0.1) is 6.92 Å². The molecule has 2 heterocycles. The third-order valence-corrected chi connectivity index (χ3v) is 7.71. The molecule has 7 N–H and O–H groups in total. The van der Waals surface area contributed by atoms with E-state index in [9.17, 15) is 30.3 Å². The van der Waals surface area contributed by atoms with Crippen LogP contribution in [0.5, 0.6) is 5.75 Å². The number of ether oxygens (including phenoxy) is 1. The van der Waals surface area contributed by atoms with Crippen molar-refractivity contribution in [3.8, 4) is 5.75 Å². The number of benzene rings is 2. The Morgan fingerprint density at radius 1 is 0.974 bits per heavy atom. The molecule has 10 heteroatoms. The maximum absolute atomic E-state index is 12.0. The van der Waals surface area contributed by atoms with Gasteiger partial charge in [-0.2, -0.15) is 0 Å². The van der Waals surface area contributed by atoms with Crippen molar-refractivity contribution in [3.05, 3.63) is 64.2 Å². The van der Waals surface area contributed by atoms with Gasteiger partial charge in [-0.1, -0.05) is 24.3 Å². The number of urea groups is 1. The van der Waals surface area contributed by atoms with Crippen molar-refractivity contribution < 1.29 is 35.1 Å². The van der Waals surface area contributed by atoms with Crippen LogP contribution in [0.1, 0.15) is 46.8 Å². The summed E-state index contributed by atoms with van der Waals surface area (Å²) in [7, 11) is 0. The molecule has 2 aromatic carbocycles. The number of aromatic hydroxyl groups is 1. The fraction of sp³-hybridized carbons (Fsp3) is 0.552. The number of nitrogens with one attached hydrogen (secondary N) is 2. The molecule has 214 valence electrons. The summed E-state index contributed by atoms with van der Waals surface area (Å²) in [6.45, 7) is 5.65. The van der Waals surface area contributed by atoms with Crippen molar-refractivity contribution in [2.24, 2.45) is 0 Å². The maximum atomic E-state index is 12.0. The third kappa shape index (κ3) is 7.47. The zero-order valence-corrected chi connectivity index (χ0v) is 22.4. The lowest BCUT2D eigenvalue weighted by atomic mass is 9.88. The summed E-state index contributed by atoms with van der Waals surface area (Å²) in [6, 6.07) is 11.3. The second-order valence-corrected chi connectivity index (χ2v) is 10.6. The van der Waals surface area contributed by atoms with Crippen LogP contribution >= 0.6 is 0 Å². The van der Waals surface area contributed by atoms with Gasteiger partial charge in [-0.25, -0.2) is 4.79 Å². The van der Waals surface area contributed by atoms with Gasteiger partial charge in [-0.15, -0.1) is 0 Å². The molecule has 2 amide bonds. The number of likely N-dealkylation sites (tertiary alicyclic amines) is 1. The number of aliphatic hydroxyl groups is 4. The molecule has 4 rings (SSSR count). The van der Waals surface area contributed by atoms with Crippen LogP contribution in [0.2, 0.25) is 0 Å². The summed E-state index contributed by atoms with van der Waals surface area (Å²) < 4.78 is 5.65. The summed E-state index contributed by atoms with van der Waals surface area (Å²) in [5.41, 5.74) is 4.18. The summed E-state index contributed by atoms with van der Waals surface area (Å²) in [5, 5.41) is 56.7. The molecule has 0 radical (unpaired) electrons. The van der Waals surface area contributed by atoms with Crippen molar-refractivity contribution >= 4 is 6.03 Å². The van der Waals surface area contributed by atoms with E-state index in [1.807, 2.05) is 31.2 Å². The molecule has 5 atom stereocenters. The standard InChI is InChI=1S/C29H41N3O7/c1-18-14-23(34)22(28-27(37)26(36)25(35)24(17-33)39-28)16-21(18)15-20-6-4-19(5-7-20)8-9-30-29(38)31-10-13-32-11-2-3-12-32/h4-7,14,16,24-28,33-37H,2-3,8-13,15,17H2,1H3,(H2,30,31,38)/t24-,25-,26+,27-,28+/m1/s1. The van der Waals surface area contributed by atoms with Crippen LogP contribution in [-0.4, -0.2) is 100 Å².